The van der Waals surface area contributed by atoms with Crippen LogP contribution in [0, 0.1) is 13.8 Å². The molecule has 0 radical (unpaired) electrons. The standard InChI is InChI=1S/C19H22N4O2/c1-12-13(2)25-19-17(12)18(20)21-16(22-19)11-23-8-9-24-15(10-23)14-6-4-3-5-7-14/h3-7,15H,8-11H2,1-2H3,(H2,20,21,22). The highest BCUT2D eigenvalue weighted by molar-refractivity contribution is 5.88. The van der Waals surface area contributed by atoms with Crippen molar-refractivity contribution in [3.8, 4) is 0 Å². The Hall–Kier alpha value is -2.44. The lowest BCUT2D eigenvalue weighted by molar-refractivity contribution is -0.0336. The van der Waals surface area contributed by atoms with E-state index >= 15 is 0 Å². The van der Waals surface area contributed by atoms with Crippen LogP contribution in [0.4, 0.5) is 5.82 Å². The highest BCUT2D eigenvalue weighted by atomic mass is 16.5. The minimum atomic E-state index is 0.0733. The summed E-state index contributed by atoms with van der Waals surface area (Å²) in [4.78, 5) is 11.4. The summed E-state index contributed by atoms with van der Waals surface area (Å²) < 4.78 is 11.6. The van der Waals surface area contributed by atoms with Crippen LogP contribution in [0.1, 0.15) is 28.8 Å². The molecular weight excluding hydrogens is 316 g/mol. The molecular formula is C19H22N4O2. The fourth-order valence-corrected chi connectivity index (χ4v) is 3.31. The zero-order chi connectivity index (χ0) is 17.4. The molecule has 2 N–H and O–H groups in total. The minimum Gasteiger partial charge on any atom is -0.443 e. The lowest BCUT2D eigenvalue weighted by Gasteiger charge is -2.32. The summed E-state index contributed by atoms with van der Waals surface area (Å²) >= 11 is 0. The van der Waals surface area contributed by atoms with E-state index in [1.807, 2.05) is 32.0 Å². The molecule has 25 heavy (non-hydrogen) atoms. The number of furan rings is 1. The van der Waals surface area contributed by atoms with Gasteiger partial charge in [-0.2, -0.15) is 4.98 Å². The Balaban J connectivity index is 1.54. The smallest absolute Gasteiger partial charge is 0.231 e. The van der Waals surface area contributed by atoms with Crippen molar-refractivity contribution in [2.45, 2.75) is 26.5 Å². The van der Waals surface area contributed by atoms with Gasteiger partial charge in [-0.05, 0) is 19.4 Å². The maximum Gasteiger partial charge on any atom is 0.231 e. The van der Waals surface area contributed by atoms with Gasteiger partial charge >= 0.3 is 0 Å². The molecule has 0 saturated carbocycles. The average Bonchev–Trinajstić information content (AvgIpc) is 2.90. The topological polar surface area (TPSA) is 77.4 Å². The van der Waals surface area contributed by atoms with Crippen LogP contribution >= 0.6 is 0 Å². The number of nitrogens with zero attached hydrogens (tertiary/aromatic N) is 3. The summed E-state index contributed by atoms with van der Waals surface area (Å²) in [5.74, 6) is 2.01. The second-order valence-electron chi connectivity index (χ2n) is 6.49. The largest absolute Gasteiger partial charge is 0.443 e. The first kappa shape index (κ1) is 16.1. The fraction of sp³-hybridized carbons (Fsp3) is 0.368. The fourth-order valence-electron chi connectivity index (χ4n) is 3.31. The van der Waals surface area contributed by atoms with E-state index in [4.69, 9.17) is 14.9 Å². The van der Waals surface area contributed by atoms with Crippen molar-refractivity contribution >= 4 is 16.9 Å². The molecule has 1 aliphatic heterocycles. The molecule has 130 valence electrons. The Morgan fingerprint density at radius 2 is 2.00 bits per heavy atom. The first-order valence-corrected chi connectivity index (χ1v) is 8.53. The van der Waals surface area contributed by atoms with Crippen molar-refractivity contribution in [1.82, 2.24) is 14.9 Å². The number of morpholine rings is 1. The minimum absolute atomic E-state index is 0.0733. The maximum atomic E-state index is 6.14. The van der Waals surface area contributed by atoms with Gasteiger partial charge in [0.05, 0.1) is 24.6 Å². The molecule has 0 amide bonds. The third-order valence-electron chi connectivity index (χ3n) is 4.79. The summed E-state index contributed by atoms with van der Waals surface area (Å²) in [5, 5.41) is 0.824. The Morgan fingerprint density at radius 3 is 2.80 bits per heavy atom. The van der Waals surface area contributed by atoms with Crippen molar-refractivity contribution in [3.63, 3.8) is 0 Å². The molecule has 0 spiro atoms. The van der Waals surface area contributed by atoms with E-state index in [9.17, 15) is 0 Å². The van der Waals surface area contributed by atoms with Gasteiger partial charge in [0.1, 0.15) is 17.4 Å². The number of fused-ring (bicyclic) bond motifs is 1. The van der Waals surface area contributed by atoms with Crippen LogP contribution in [0.25, 0.3) is 11.1 Å². The first-order chi connectivity index (χ1) is 12.1. The summed E-state index contributed by atoms with van der Waals surface area (Å²) in [6.45, 7) is 6.87. The van der Waals surface area contributed by atoms with Gasteiger partial charge in [0, 0.05) is 18.7 Å². The van der Waals surface area contributed by atoms with Gasteiger partial charge in [-0.25, -0.2) is 4.98 Å². The van der Waals surface area contributed by atoms with Crippen LogP contribution in [-0.4, -0.2) is 34.6 Å². The molecule has 1 unspecified atom stereocenters. The van der Waals surface area contributed by atoms with Gasteiger partial charge < -0.3 is 14.9 Å². The molecule has 0 aliphatic carbocycles. The Labute approximate surface area is 146 Å². The van der Waals surface area contributed by atoms with Crippen molar-refractivity contribution in [2.75, 3.05) is 25.4 Å². The van der Waals surface area contributed by atoms with Crippen LogP contribution in [0.2, 0.25) is 0 Å². The highest BCUT2D eigenvalue weighted by Crippen LogP contribution is 2.28. The van der Waals surface area contributed by atoms with Gasteiger partial charge in [-0.15, -0.1) is 0 Å². The SMILES string of the molecule is Cc1oc2nc(CN3CCOC(c4ccccc4)C3)nc(N)c2c1C. The number of nitrogens with two attached hydrogens (primary N) is 1. The second kappa shape index (κ2) is 6.46. The Morgan fingerprint density at radius 1 is 1.20 bits per heavy atom. The molecule has 0 bridgehead atoms. The number of hydrogen-bond acceptors (Lipinski definition) is 6. The monoisotopic (exact) mass is 338 g/mol. The molecule has 1 saturated heterocycles. The van der Waals surface area contributed by atoms with Crippen molar-refractivity contribution in [2.24, 2.45) is 0 Å². The molecule has 1 atom stereocenters. The molecule has 4 rings (SSSR count). The number of rotatable bonds is 3. The summed E-state index contributed by atoms with van der Waals surface area (Å²) in [6.07, 6.45) is 0.0733. The molecule has 1 aliphatic rings. The average molecular weight is 338 g/mol. The van der Waals surface area contributed by atoms with Gasteiger partial charge in [0.15, 0.2) is 0 Å². The predicted molar refractivity (Wildman–Crippen MR) is 96.1 cm³/mol. The third-order valence-corrected chi connectivity index (χ3v) is 4.79. The molecule has 6 nitrogen and oxygen atoms in total. The van der Waals surface area contributed by atoms with Gasteiger partial charge in [-0.1, -0.05) is 30.3 Å². The normalized spacial score (nSPS) is 18.7. The number of anilines is 1. The van der Waals surface area contributed by atoms with E-state index in [1.54, 1.807) is 0 Å². The third kappa shape index (κ3) is 3.10. The van der Waals surface area contributed by atoms with E-state index in [-0.39, 0.29) is 6.10 Å². The Bertz CT molecular complexity index is 891. The van der Waals surface area contributed by atoms with Gasteiger partial charge in [0.2, 0.25) is 5.71 Å². The zero-order valence-electron chi connectivity index (χ0n) is 14.5. The van der Waals surface area contributed by atoms with Crippen LogP contribution in [-0.2, 0) is 11.3 Å². The molecule has 3 heterocycles. The molecule has 1 aromatic carbocycles. The number of benzene rings is 1. The van der Waals surface area contributed by atoms with E-state index < -0.39 is 0 Å². The lowest BCUT2D eigenvalue weighted by atomic mass is 10.1. The maximum absolute atomic E-state index is 6.14. The van der Waals surface area contributed by atoms with Crippen molar-refractivity contribution < 1.29 is 9.15 Å². The second-order valence-corrected chi connectivity index (χ2v) is 6.49. The lowest BCUT2D eigenvalue weighted by Crippen LogP contribution is -2.38. The number of hydrogen-bond donors (Lipinski definition) is 1. The predicted octanol–water partition coefficient (Wildman–Crippen LogP) is 3.00. The van der Waals surface area contributed by atoms with Crippen LogP contribution in [0.5, 0.6) is 0 Å². The number of ether oxygens (including phenoxy) is 1. The zero-order valence-corrected chi connectivity index (χ0v) is 14.5. The molecule has 3 aromatic rings. The van der Waals surface area contributed by atoms with Crippen molar-refractivity contribution in [3.05, 3.63) is 53.0 Å². The quantitative estimate of drug-likeness (QED) is 0.791. The number of aryl methyl sites for hydroxylation is 2. The van der Waals surface area contributed by atoms with E-state index in [1.165, 1.54) is 5.56 Å². The van der Waals surface area contributed by atoms with Gasteiger partial charge in [0.25, 0.3) is 0 Å². The number of aromatic nitrogens is 2. The van der Waals surface area contributed by atoms with Crippen LogP contribution in [0.15, 0.2) is 34.7 Å². The summed E-state index contributed by atoms with van der Waals surface area (Å²) in [7, 11) is 0. The molecule has 1 fully saturated rings. The number of nitrogen functional groups attached to an aromatic ring is 1. The summed E-state index contributed by atoms with van der Waals surface area (Å²) in [6, 6.07) is 10.3. The van der Waals surface area contributed by atoms with E-state index in [0.29, 0.717) is 30.5 Å². The van der Waals surface area contributed by atoms with Crippen LogP contribution in [0.3, 0.4) is 0 Å². The molecule has 2 aromatic heterocycles. The highest BCUT2D eigenvalue weighted by Gasteiger charge is 2.23. The Kier molecular flexibility index (Phi) is 4.15. The van der Waals surface area contributed by atoms with Crippen molar-refractivity contribution in [1.29, 1.82) is 0 Å². The summed E-state index contributed by atoms with van der Waals surface area (Å²) in [5.41, 5.74) is 8.92. The first-order valence-electron chi connectivity index (χ1n) is 8.53. The molecule has 6 heteroatoms. The van der Waals surface area contributed by atoms with E-state index in [0.717, 1.165) is 29.8 Å². The van der Waals surface area contributed by atoms with E-state index in [2.05, 4.69) is 27.0 Å². The van der Waals surface area contributed by atoms with Gasteiger partial charge in [-0.3, -0.25) is 4.90 Å². The van der Waals surface area contributed by atoms with Crippen LogP contribution < -0.4 is 5.73 Å².